The molecular formula is C12H22F3N3O. The third-order valence-electron chi connectivity index (χ3n) is 3.48. The van der Waals surface area contributed by atoms with Gasteiger partial charge in [-0.3, -0.25) is 9.69 Å². The van der Waals surface area contributed by atoms with Gasteiger partial charge in [-0.2, -0.15) is 13.2 Å². The minimum absolute atomic E-state index is 0.262. The number of carbonyl (C=O) groups is 1. The number of amides is 1. The molecule has 1 fully saturated rings. The summed E-state index contributed by atoms with van der Waals surface area (Å²) < 4.78 is 36.2. The zero-order valence-electron chi connectivity index (χ0n) is 11.4. The third kappa shape index (κ3) is 5.36. The van der Waals surface area contributed by atoms with Gasteiger partial charge in [0.2, 0.25) is 5.91 Å². The highest BCUT2D eigenvalue weighted by Gasteiger charge is 2.31. The number of alkyl halides is 3. The van der Waals surface area contributed by atoms with Crippen LogP contribution in [-0.2, 0) is 4.79 Å². The van der Waals surface area contributed by atoms with Gasteiger partial charge in [0, 0.05) is 6.04 Å². The smallest absolute Gasteiger partial charge is 0.346 e. The lowest BCUT2D eigenvalue weighted by molar-refractivity contribution is -0.141. The van der Waals surface area contributed by atoms with E-state index in [-0.39, 0.29) is 6.04 Å². The maximum absolute atomic E-state index is 12.1. The lowest BCUT2D eigenvalue weighted by atomic mass is 10.0. The van der Waals surface area contributed by atoms with E-state index in [4.69, 9.17) is 0 Å². The number of halogens is 3. The van der Waals surface area contributed by atoms with E-state index in [1.807, 2.05) is 17.1 Å². The van der Waals surface area contributed by atoms with Crippen molar-refractivity contribution in [3.05, 3.63) is 0 Å². The fraction of sp³-hybridized carbons (Fsp3) is 0.917. The lowest BCUT2D eigenvalue weighted by Crippen LogP contribution is -2.53. The number of hydrogen-bond donors (Lipinski definition) is 2. The Kier molecular flexibility index (Phi) is 6.06. The SMILES string of the molecule is CCN(C1CCNCC1)C(C)C(=O)NCC(F)(F)F. The number of likely N-dealkylation sites (N-methyl/N-ethyl adjacent to an activating group) is 1. The average molecular weight is 281 g/mol. The number of nitrogens with one attached hydrogen (secondary N) is 2. The van der Waals surface area contributed by atoms with Crippen LogP contribution in [0.15, 0.2) is 0 Å². The predicted molar refractivity (Wildman–Crippen MR) is 66.8 cm³/mol. The minimum Gasteiger partial charge on any atom is -0.346 e. The molecule has 4 nitrogen and oxygen atoms in total. The Balaban J connectivity index is 2.51. The van der Waals surface area contributed by atoms with Crippen molar-refractivity contribution in [1.29, 1.82) is 0 Å². The zero-order valence-corrected chi connectivity index (χ0v) is 11.4. The normalized spacial score (nSPS) is 19.5. The Morgan fingerprint density at radius 1 is 1.42 bits per heavy atom. The summed E-state index contributed by atoms with van der Waals surface area (Å²) in [5, 5.41) is 5.19. The fourth-order valence-electron chi connectivity index (χ4n) is 2.47. The van der Waals surface area contributed by atoms with Gasteiger partial charge in [-0.15, -0.1) is 0 Å². The van der Waals surface area contributed by atoms with Crippen LogP contribution in [0.3, 0.4) is 0 Å². The molecule has 112 valence electrons. The number of rotatable bonds is 5. The lowest BCUT2D eigenvalue weighted by Gasteiger charge is -2.37. The van der Waals surface area contributed by atoms with Gasteiger partial charge >= 0.3 is 6.18 Å². The average Bonchev–Trinajstić information content (AvgIpc) is 2.37. The molecule has 1 rings (SSSR count). The van der Waals surface area contributed by atoms with Gasteiger partial charge in [0.15, 0.2) is 0 Å². The number of hydrogen-bond acceptors (Lipinski definition) is 3. The molecule has 0 spiro atoms. The van der Waals surface area contributed by atoms with Gasteiger partial charge in [0.1, 0.15) is 6.54 Å². The van der Waals surface area contributed by atoms with Gasteiger partial charge in [-0.1, -0.05) is 6.92 Å². The second kappa shape index (κ2) is 7.09. The van der Waals surface area contributed by atoms with Crippen LogP contribution in [-0.4, -0.2) is 55.2 Å². The quantitative estimate of drug-likeness (QED) is 0.794. The highest BCUT2D eigenvalue weighted by Crippen LogP contribution is 2.16. The summed E-state index contributed by atoms with van der Waals surface area (Å²) in [5.74, 6) is -0.558. The minimum atomic E-state index is -4.36. The molecule has 2 N–H and O–H groups in total. The van der Waals surface area contributed by atoms with Crippen LogP contribution in [0.4, 0.5) is 13.2 Å². The van der Waals surface area contributed by atoms with Gasteiger partial charge in [0.25, 0.3) is 0 Å². The molecule has 0 saturated carbocycles. The largest absolute Gasteiger partial charge is 0.405 e. The molecule has 0 radical (unpaired) electrons. The summed E-state index contributed by atoms with van der Waals surface area (Å²) in [6, 6.07) is -0.270. The molecule has 1 aliphatic rings. The topological polar surface area (TPSA) is 44.4 Å². The van der Waals surface area contributed by atoms with E-state index in [1.165, 1.54) is 0 Å². The number of carbonyl (C=O) groups excluding carboxylic acids is 1. The molecule has 1 unspecified atom stereocenters. The monoisotopic (exact) mass is 281 g/mol. The van der Waals surface area contributed by atoms with Gasteiger partial charge < -0.3 is 10.6 Å². The molecule has 1 atom stereocenters. The van der Waals surface area contributed by atoms with E-state index in [0.29, 0.717) is 6.54 Å². The van der Waals surface area contributed by atoms with Crippen molar-refractivity contribution in [1.82, 2.24) is 15.5 Å². The first-order valence-electron chi connectivity index (χ1n) is 6.66. The van der Waals surface area contributed by atoms with Crippen molar-refractivity contribution in [3.8, 4) is 0 Å². The highest BCUT2D eigenvalue weighted by molar-refractivity contribution is 5.81. The molecule has 0 aromatic carbocycles. The van der Waals surface area contributed by atoms with Crippen LogP contribution in [0.1, 0.15) is 26.7 Å². The Morgan fingerprint density at radius 2 is 2.00 bits per heavy atom. The maximum Gasteiger partial charge on any atom is 0.405 e. The molecule has 7 heteroatoms. The summed E-state index contributed by atoms with van der Waals surface area (Å²) in [5.41, 5.74) is 0. The Bertz CT molecular complexity index is 290. The second-order valence-corrected chi connectivity index (χ2v) is 4.82. The molecule has 1 saturated heterocycles. The van der Waals surface area contributed by atoms with Crippen molar-refractivity contribution in [2.24, 2.45) is 0 Å². The molecule has 0 aromatic heterocycles. The van der Waals surface area contributed by atoms with Crippen LogP contribution in [0.5, 0.6) is 0 Å². The molecule has 1 aliphatic heterocycles. The summed E-state index contributed by atoms with van der Waals surface area (Å²) >= 11 is 0. The van der Waals surface area contributed by atoms with E-state index in [2.05, 4.69) is 5.32 Å². The molecule has 1 heterocycles. The molecular weight excluding hydrogens is 259 g/mol. The summed E-state index contributed by atoms with van der Waals surface area (Å²) in [4.78, 5) is 13.7. The van der Waals surface area contributed by atoms with Gasteiger partial charge in [-0.25, -0.2) is 0 Å². The first kappa shape index (κ1) is 16.2. The molecule has 0 aliphatic carbocycles. The molecule has 0 aromatic rings. The fourth-order valence-corrected chi connectivity index (χ4v) is 2.47. The Labute approximate surface area is 111 Å². The number of piperidine rings is 1. The zero-order chi connectivity index (χ0) is 14.5. The molecule has 1 amide bonds. The predicted octanol–water partition coefficient (Wildman–Crippen LogP) is 1.13. The summed E-state index contributed by atoms with van der Waals surface area (Å²) in [7, 11) is 0. The molecule has 0 bridgehead atoms. The maximum atomic E-state index is 12.1. The van der Waals surface area contributed by atoms with Crippen LogP contribution >= 0.6 is 0 Å². The van der Waals surface area contributed by atoms with Crippen molar-refractivity contribution < 1.29 is 18.0 Å². The molecule has 19 heavy (non-hydrogen) atoms. The van der Waals surface area contributed by atoms with Crippen molar-refractivity contribution in [3.63, 3.8) is 0 Å². The third-order valence-corrected chi connectivity index (χ3v) is 3.48. The summed E-state index contributed by atoms with van der Waals surface area (Å²) in [6.07, 6.45) is -2.52. The standard InChI is InChI=1S/C12H22F3N3O/c1-3-18(10-4-6-16-7-5-10)9(2)11(19)17-8-12(13,14)15/h9-10,16H,3-8H2,1-2H3,(H,17,19). The van der Waals surface area contributed by atoms with Gasteiger partial charge in [-0.05, 0) is 39.4 Å². The summed E-state index contributed by atoms with van der Waals surface area (Å²) in [6.45, 7) is 4.76. The van der Waals surface area contributed by atoms with Crippen LogP contribution in [0.2, 0.25) is 0 Å². The number of nitrogens with zero attached hydrogens (tertiary/aromatic N) is 1. The van der Waals surface area contributed by atoms with Crippen LogP contribution in [0.25, 0.3) is 0 Å². The van der Waals surface area contributed by atoms with E-state index in [1.54, 1.807) is 6.92 Å². The van der Waals surface area contributed by atoms with E-state index >= 15 is 0 Å². The van der Waals surface area contributed by atoms with Crippen molar-refractivity contribution >= 4 is 5.91 Å². The van der Waals surface area contributed by atoms with Crippen LogP contribution in [0, 0.1) is 0 Å². The highest BCUT2D eigenvalue weighted by atomic mass is 19.4. The van der Waals surface area contributed by atoms with E-state index in [9.17, 15) is 18.0 Å². The van der Waals surface area contributed by atoms with Crippen molar-refractivity contribution in [2.45, 2.75) is 44.9 Å². The van der Waals surface area contributed by atoms with E-state index in [0.717, 1.165) is 25.9 Å². The van der Waals surface area contributed by atoms with E-state index < -0.39 is 24.7 Å². The van der Waals surface area contributed by atoms with Crippen LogP contribution < -0.4 is 10.6 Å². The first-order valence-corrected chi connectivity index (χ1v) is 6.66. The Morgan fingerprint density at radius 3 is 2.47 bits per heavy atom. The van der Waals surface area contributed by atoms with Gasteiger partial charge in [0.05, 0.1) is 6.04 Å². The van der Waals surface area contributed by atoms with Crippen molar-refractivity contribution in [2.75, 3.05) is 26.2 Å². The second-order valence-electron chi connectivity index (χ2n) is 4.82. The Hall–Kier alpha value is -0.820. The first-order chi connectivity index (χ1) is 8.85.